The first-order valence-corrected chi connectivity index (χ1v) is 6.68. The van der Waals surface area contributed by atoms with Crippen molar-refractivity contribution >= 4 is 5.69 Å². The molecule has 0 saturated carbocycles. The van der Waals surface area contributed by atoms with Gasteiger partial charge in [-0.3, -0.25) is 10.1 Å². The number of nitro groups is 1. The van der Waals surface area contributed by atoms with Crippen molar-refractivity contribution in [1.29, 1.82) is 0 Å². The molecule has 0 radical (unpaired) electrons. The van der Waals surface area contributed by atoms with Crippen molar-refractivity contribution in [2.45, 2.75) is 19.4 Å². The molecule has 1 atom stereocenters. The van der Waals surface area contributed by atoms with Crippen LogP contribution in [0.2, 0.25) is 0 Å². The first-order chi connectivity index (χ1) is 10.0. The van der Waals surface area contributed by atoms with Crippen LogP contribution in [0.25, 0.3) is 0 Å². The lowest BCUT2D eigenvalue weighted by molar-refractivity contribution is -0.384. The van der Waals surface area contributed by atoms with Gasteiger partial charge in [0.2, 0.25) is 0 Å². The lowest BCUT2D eigenvalue weighted by Crippen LogP contribution is -2.19. The Bertz CT molecular complexity index is 641. The van der Waals surface area contributed by atoms with E-state index >= 15 is 0 Å². The molecule has 0 heterocycles. The van der Waals surface area contributed by atoms with Crippen molar-refractivity contribution in [3.8, 4) is 0 Å². The highest BCUT2D eigenvalue weighted by molar-refractivity contribution is 5.34. The molecule has 0 aliphatic heterocycles. The number of hydrogen-bond acceptors (Lipinski definition) is 3. The molecule has 0 amide bonds. The minimum absolute atomic E-state index is 0.0331. The first-order valence-electron chi connectivity index (χ1n) is 6.68. The summed E-state index contributed by atoms with van der Waals surface area (Å²) in [5.74, 6) is -0.219. The van der Waals surface area contributed by atoms with Gasteiger partial charge in [-0.05, 0) is 43.1 Å². The third-order valence-electron chi connectivity index (χ3n) is 3.52. The number of nitrogens with one attached hydrogen (secondary N) is 1. The molecule has 5 heteroatoms. The molecule has 2 aromatic carbocycles. The molecule has 110 valence electrons. The van der Waals surface area contributed by atoms with Crippen LogP contribution in [-0.2, 0) is 6.42 Å². The van der Waals surface area contributed by atoms with Gasteiger partial charge in [-0.25, -0.2) is 4.39 Å². The molecular formula is C16H17FN2O2. The van der Waals surface area contributed by atoms with Crippen LogP contribution >= 0.6 is 0 Å². The van der Waals surface area contributed by atoms with Crippen LogP contribution in [0.15, 0.2) is 42.5 Å². The molecule has 1 N–H and O–H groups in total. The van der Waals surface area contributed by atoms with Crippen molar-refractivity contribution in [1.82, 2.24) is 5.32 Å². The summed E-state index contributed by atoms with van der Waals surface area (Å²) < 4.78 is 13.3. The number of likely N-dealkylation sites (N-methyl/N-ethyl adjacent to an activating group) is 1. The maximum atomic E-state index is 13.3. The van der Waals surface area contributed by atoms with Crippen LogP contribution in [-0.4, -0.2) is 12.0 Å². The smallest absolute Gasteiger partial charge is 0.269 e. The molecule has 0 saturated heterocycles. The SMILES string of the molecule is CNC(Cc1ccc([N+](=O)[O-])cc1)c1ccc(F)c(C)c1. The fourth-order valence-corrected chi connectivity index (χ4v) is 2.26. The molecule has 0 bridgehead atoms. The summed E-state index contributed by atoms with van der Waals surface area (Å²) in [6, 6.07) is 11.6. The molecule has 2 aromatic rings. The number of nitrogens with zero attached hydrogens (tertiary/aromatic N) is 1. The number of rotatable bonds is 5. The largest absolute Gasteiger partial charge is 0.313 e. The molecule has 4 nitrogen and oxygen atoms in total. The predicted molar refractivity (Wildman–Crippen MR) is 79.7 cm³/mol. The summed E-state index contributed by atoms with van der Waals surface area (Å²) in [4.78, 5) is 10.2. The van der Waals surface area contributed by atoms with Crippen molar-refractivity contribution in [3.05, 3.63) is 75.1 Å². The summed E-state index contributed by atoms with van der Waals surface area (Å²) in [5, 5.41) is 13.8. The fourth-order valence-electron chi connectivity index (χ4n) is 2.26. The highest BCUT2D eigenvalue weighted by Gasteiger charge is 2.12. The number of benzene rings is 2. The number of hydrogen-bond donors (Lipinski definition) is 1. The Morgan fingerprint density at radius 2 is 1.90 bits per heavy atom. The van der Waals surface area contributed by atoms with Crippen molar-refractivity contribution in [3.63, 3.8) is 0 Å². The Morgan fingerprint density at radius 3 is 2.43 bits per heavy atom. The number of non-ortho nitro benzene ring substituents is 1. The third-order valence-corrected chi connectivity index (χ3v) is 3.52. The Kier molecular flexibility index (Phi) is 4.65. The maximum absolute atomic E-state index is 13.3. The standard InChI is InChI=1S/C16H17FN2O2/c1-11-9-13(5-8-15(11)17)16(18-2)10-12-3-6-14(7-4-12)19(20)21/h3-9,16,18H,10H2,1-2H3. The molecule has 2 rings (SSSR count). The summed E-state index contributed by atoms with van der Waals surface area (Å²) >= 11 is 0. The Morgan fingerprint density at radius 1 is 1.24 bits per heavy atom. The minimum atomic E-state index is -0.414. The molecular weight excluding hydrogens is 271 g/mol. The monoisotopic (exact) mass is 288 g/mol. The Labute approximate surface area is 122 Å². The molecule has 21 heavy (non-hydrogen) atoms. The lowest BCUT2D eigenvalue weighted by Gasteiger charge is -2.17. The van der Waals surface area contributed by atoms with E-state index in [1.165, 1.54) is 18.2 Å². The molecule has 1 unspecified atom stereocenters. The van der Waals surface area contributed by atoms with Gasteiger partial charge in [0, 0.05) is 18.2 Å². The van der Waals surface area contributed by atoms with Gasteiger partial charge in [0.1, 0.15) is 5.82 Å². The molecule has 0 aliphatic carbocycles. The van der Waals surface area contributed by atoms with Crippen LogP contribution in [0.5, 0.6) is 0 Å². The summed E-state index contributed by atoms with van der Waals surface area (Å²) in [7, 11) is 1.84. The second kappa shape index (κ2) is 6.45. The zero-order chi connectivity index (χ0) is 15.4. The van der Waals surface area contributed by atoms with Gasteiger partial charge in [0.25, 0.3) is 5.69 Å². The van der Waals surface area contributed by atoms with E-state index in [-0.39, 0.29) is 17.5 Å². The topological polar surface area (TPSA) is 55.2 Å². The molecule has 0 spiro atoms. The van der Waals surface area contributed by atoms with Crippen molar-refractivity contribution < 1.29 is 9.31 Å². The minimum Gasteiger partial charge on any atom is -0.313 e. The van der Waals surface area contributed by atoms with E-state index in [2.05, 4.69) is 5.32 Å². The van der Waals surface area contributed by atoms with Crippen LogP contribution in [0.1, 0.15) is 22.7 Å². The molecule has 0 aliphatic rings. The maximum Gasteiger partial charge on any atom is 0.269 e. The van der Waals surface area contributed by atoms with E-state index in [4.69, 9.17) is 0 Å². The summed E-state index contributed by atoms with van der Waals surface area (Å²) in [5.41, 5.74) is 2.67. The lowest BCUT2D eigenvalue weighted by atomic mass is 9.97. The van der Waals surface area contributed by atoms with Crippen LogP contribution < -0.4 is 5.32 Å². The second-order valence-corrected chi connectivity index (χ2v) is 4.98. The van der Waals surface area contributed by atoms with Crippen LogP contribution in [0, 0.1) is 22.9 Å². The van der Waals surface area contributed by atoms with Gasteiger partial charge in [-0.2, -0.15) is 0 Å². The zero-order valence-corrected chi connectivity index (χ0v) is 12.0. The molecule has 0 fully saturated rings. The average molecular weight is 288 g/mol. The van der Waals surface area contributed by atoms with E-state index in [1.807, 2.05) is 13.1 Å². The highest BCUT2D eigenvalue weighted by Crippen LogP contribution is 2.22. The van der Waals surface area contributed by atoms with E-state index in [0.29, 0.717) is 12.0 Å². The third kappa shape index (κ3) is 3.64. The summed E-state index contributed by atoms with van der Waals surface area (Å²) in [6.07, 6.45) is 0.680. The summed E-state index contributed by atoms with van der Waals surface area (Å²) in [6.45, 7) is 1.73. The fraction of sp³-hybridized carbons (Fsp3) is 0.250. The van der Waals surface area contributed by atoms with Gasteiger partial charge < -0.3 is 5.32 Å². The van der Waals surface area contributed by atoms with E-state index in [1.54, 1.807) is 25.1 Å². The van der Waals surface area contributed by atoms with Gasteiger partial charge in [-0.15, -0.1) is 0 Å². The molecule has 0 aromatic heterocycles. The van der Waals surface area contributed by atoms with Crippen LogP contribution in [0.4, 0.5) is 10.1 Å². The number of aryl methyl sites for hydroxylation is 1. The number of halogens is 1. The Hall–Kier alpha value is -2.27. The average Bonchev–Trinajstić information content (AvgIpc) is 2.48. The quantitative estimate of drug-likeness (QED) is 0.676. The highest BCUT2D eigenvalue weighted by atomic mass is 19.1. The van der Waals surface area contributed by atoms with Crippen molar-refractivity contribution in [2.24, 2.45) is 0 Å². The van der Waals surface area contributed by atoms with E-state index in [9.17, 15) is 14.5 Å². The van der Waals surface area contributed by atoms with Crippen molar-refractivity contribution in [2.75, 3.05) is 7.05 Å². The normalized spacial score (nSPS) is 12.1. The van der Waals surface area contributed by atoms with Gasteiger partial charge in [0.15, 0.2) is 0 Å². The zero-order valence-electron chi connectivity index (χ0n) is 12.0. The number of nitro benzene ring substituents is 1. The van der Waals surface area contributed by atoms with Gasteiger partial charge in [0.05, 0.1) is 4.92 Å². The van der Waals surface area contributed by atoms with E-state index in [0.717, 1.165) is 11.1 Å². The van der Waals surface area contributed by atoms with Gasteiger partial charge in [-0.1, -0.05) is 24.3 Å². The van der Waals surface area contributed by atoms with E-state index < -0.39 is 4.92 Å². The predicted octanol–water partition coefficient (Wildman–Crippen LogP) is 3.55. The second-order valence-electron chi connectivity index (χ2n) is 4.98. The first kappa shape index (κ1) is 15.1. The Balaban J connectivity index is 2.18. The van der Waals surface area contributed by atoms with Gasteiger partial charge >= 0.3 is 0 Å². The van der Waals surface area contributed by atoms with Crippen LogP contribution in [0.3, 0.4) is 0 Å².